The van der Waals surface area contributed by atoms with Gasteiger partial charge < -0.3 is 71.1 Å². The third kappa shape index (κ3) is 24.2. The van der Waals surface area contributed by atoms with Gasteiger partial charge in [-0.2, -0.15) is 17.6 Å². The smallest absolute Gasteiger partial charge is 0.351 e. The second kappa shape index (κ2) is 43.0. The number of hydrogen-bond donors (Lipinski definition) is 0. The Morgan fingerprint density at radius 3 is 1.18 bits per heavy atom. The van der Waals surface area contributed by atoms with Gasteiger partial charge in [0.05, 0.1) is 69.7 Å². The fraction of sp³-hybridized carbons (Fsp3) is 0.904. The number of fused-ring (bicyclic) bond motifs is 4. The first kappa shape index (κ1) is 124. The highest BCUT2D eigenvalue weighted by atomic mass is 19.3. The number of rotatable bonds is 22. The van der Waals surface area contributed by atoms with E-state index in [0.717, 1.165) is 82.5 Å². The van der Waals surface area contributed by atoms with Gasteiger partial charge >= 0.3 is 77.5 Å². The molecule has 21 aliphatic rings. The summed E-state index contributed by atoms with van der Waals surface area (Å²) in [7, 11) is 3.10. The molecule has 13 atom stereocenters. The molecule has 21 fully saturated rings. The van der Waals surface area contributed by atoms with Crippen LogP contribution in [0.4, 0.5) is 30.7 Å². The quantitative estimate of drug-likeness (QED) is 0.0420. The van der Waals surface area contributed by atoms with Crippen molar-refractivity contribution in [2.45, 2.75) is 423 Å². The van der Waals surface area contributed by atoms with Crippen LogP contribution in [0.15, 0.2) is 0 Å². The maximum absolute atomic E-state index is 14.0. The van der Waals surface area contributed by atoms with Gasteiger partial charge in [0, 0.05) is 58.5 Å². The highest BCUT2D eigenvalue weighted by Crippen LogP contribution is 2.72. The number of ether oxygens (including phenoxy) is 15. The summed E-state index contributed by atoms with van der Waals surface area (Å²) in [5, 5.41) is 0. The molecule has 0 aromatic rings. The Morgan fingerprint density at radius 2 is 0.782 bits per heavy atom. The van der Waals surface area contributed by atoms with Crippen molar-refractivity contribution in [1.82, 2.24) is 0 Å². The molecule has 20 bridgehead atoms. The lowest BCUT2D eigenvalue weighted by molar-refractivity contribution is -0.349. The molecule has 13 unspecified atom stereocenters. The van der Waals surface area contributed by atoms with E-state index in [4.69, 9.17) is 71.1 Å². The predicted molar refractivity (Wildman–Crippen MR) is 533 cm³/mol. The van der Waals surface area contributed by atoms with Crippen LogP contribution in [0.1, 0.15) is 370 Å². The normalized spacial score (nSPS) is 36.6. The van der Waals surface area contributed by atoms with Crippen LogP contribution in [0.5, 0.6) is 0 Å². The molecule has 147 heavy (non-hydrogen) atoms. The van der Waals surface area contributed by atoms with Gasteiger partial charge in [-0.05, 0) is 342 Å². The molecule has 18 aliphatic carbocycles. The Labute approximate surface area is 871 Å². The zero-order valence-corrected chi connectivity index (χ0v) is 91.5. The number of halogens is 7. The number of methoxy groups -OCH3 is 2. The van der Waals surface area contributed by atoms with Gasteiger partial charge in [-0.3, -0.25) is 38.4 Å². The van der Waals surface area contributed by atoms with Crippen molar-refractivity contribution in [1.29, 1.82) is 0 Å². The topological polar surface area (TPSA) is 326 Å². The average Bonchev–Trinajstić information content (AvgIpc) is 1.52. The van der Waals surface area contributed by atoms with Crippen molar-refractivity contribution in [3.8, 4) is 0 Å². The van der Waals surface area contributed by atoms with E-state index in [0.29, 0.717) is 124 Å². The highest BCUT2D eigenvalue weighted by Gasteiger charge is 2.79. The zero-order chi connectivity index (χ0) is 108. The lowest BCUT2D eigenvalue weighted by Gasteiger charge is -2.63. The van der Waals surface area contributed by atoms with Crippen LogP contribution in [-0.2, 0) is 124 Å². The minimum absolute atomic E-state index is 0. The van der Waals surface area contributed by atoms with Gasteiger partial charge in [0.15, 0.2) is 31.6 Å². The fourth-order valence-electron chi connectivity index (χ4n) is 28.3. The molecule has 3 saturated heterocycles. The standard InChI is InChI=1S/C20H28F4O4.2C20H32O5.C19H30O4.C16H24F2O4.C16H25FO4.3CH4/c1-16(2,3)15(25)26-9-17-6-12-4-13(7-17)20(14(5-12)8-17)27-10-18(21,22)19(23,24)11-28-20;1-13(23-5)25-17(22)20-9-14-6-15(10-20)8-19(7-14,11-20)12-24-16(21)18(2,3)4;1-12(23-5)25-18(22)20-8-13-6-14(9-20)16(15(7-13)10-20)11-24-17(21)19(2,3)4;1-18(2,3)17(21)22-10-16(20)23-11-19(4)14-6-12-5-13(8-14)9-15(19)7-12;1-12(2,3)16(17,18)9-21-11(20)15-8-7-14(6,10(19)22-15)13(15,4)5;1-13(2,3)10(17)9-20-12(19)16-8-7-15(6,11(18)21-16)14(16,4)5;;;/h12-14H,4-11H2,1-3H3;13-15H,6-12H2,1-5H3;12-16H,6-11H2,1-5H3;12-15H,5-11H2,1-4H3;7-9H2,1-6H3;10H,7-9H2,1-6H3;3*1H4. The Kier molecular flexibility index (Phi) is 36.3. The van der Waals surface area contributed by atoms with Crippen molar-refractivity contribution in [2.24, 2.45) is 158 Å². The van der Waals surface area contributed by atoms with Crippen molar-refractivity contribution in [2.75, 3.05) is 73.7 Å². The minimum Gasteiger partial charge on any atom is -0.465 e. The van der Waals surface area contributed by atoms with Crippen LogP contribution in [0, 0.1) is 158 Å². The molecule has 3 aliphatic heterocycles. The molecule has 0 amide bonds. The van der Waals surface area contributed by atoms with Crippen LogP contribution >= 0.6 is 0 Å². The van der Waals surface area contributed by atoms with E-state index in [-0.39, 0.29) is 117 Å². The van der Waals surface area contributed by atoms with Crippen molar-refractivity contribution in [3.05, 3.63) is 0 Å². The van der Waals surface area contributed by atoms with Crippen LogP contribution in [0.3, 0.4) is 0 Å². The molecule has 0 N–H and O–H groups in total. The van der Waals surface area contributed by atoms with E-state index in [1.165, 1.54) is 59.3 Å². The van der Waals surface area contributed by atoms with Crippen LogP contribution in [0.25, 0.3) is 0 Å². The maximum atomic E-state index is 14.0. The number of carbonyl (C=O) groups is 11. The Balaban J connectivity index is 0.000000196. The van der Waals surface area contributed by atoms with Gasteiger partial charge in [0.2, 0.25) is 11.2 Å². The van der Waals surface area contributed by atoms with Crippen molar-refractivity contribution in [3.63, 3.8) is 0 Å². The third-order valence-electron chi connectivity index (χ3n) is 38.0. The summed E-state index contributed by atoms with van der Waals surface area (Å²) in [5.41, 5.74) is -10.6. The zero-order valence-electron chi connectivity index (χ0n) is 91.5. The Bertz CT molecular complexity index is 4630. The highest BCUT2D eigenvalue weighted by molar-refractivity contribution is 5.95. The third-order valence-corrected chi connectivity index (χ3v) is 38.0. The summed E-state index contributed by atoms with van der Waals surface area (Å²) < 4.78 is 178. The lowest BCUT2D eigenvalue weighted by atomic mass is 9.44. The lowest BCUT2D eigenvalue weighted by Crippen LogP contribution is -2.64. The molecule has 0 aromatic carbocycles. The first-order valence-corrected chi connectivity index (χ1v) is 53.0. The molecule has 1 spiro atoms. The van der Waals surface area contributed by atoms with Gasteiger partial charge in [-0.25, -0.2) is 27.6 Å². The Hall–Kier alpha value is -6.48. The monoisotopic (exact) mass is 2100 g/mol. The van der Waals surface area contributed by atoms with Crippen molar-refractivity contribution < 1.29 is 155 Å². The maximum Gasteiger partial charge on any atom is 0.351 e. The summed E-state index contributed by atoms with van der Waals surface area (Å²) in [5.74, 6) is -10.8. The summed E-state index contributed by atoms with van der Waals surface area (Å²) >= 11 is 0. The second-order valence-electron chi connectivity index (χ2n) is 55.2. The average molecular weight is 2100 g/mol. The number of carbonyl (C=O) groups excluding carboxylic acids is 11. The van der Waals surface area contributed by atoms with Gasteiger partial charge in [0.1, 0.15) is 26.0 Å². The second-order valence-corrected chi connectivity index (χ2v) is 55.2. The fourth-order valence-corrected chi connectivity index (χ4v) is 28.3. The molecule has 33 heteroatoms. The molecule has 21 rings (SSSR count). The van der Waals surface area contributed by atoms with Crippen molar-refractivity contribution >= 4 is 65.7 Å². The van der Waals surface area contributed by atoms with Gasteiger partial charge in [-0.15, -0.1) is 0 Å². The summed E-state index contributed by atoms with van der Waals surface area (Å²) in [4.78, 5) is 135. The summed E-state index contributed by atoms with van der Waals surface area (Å²) in [6, 6.07) is 0. The molecule has 18 saturated carbocycles. The van der Waals surface area contributed by atoms with E-state index in [2.05, 4.69) is 6.92 Å². The first-order chi connectivity index (χ1) is 65.8. The predicted octanol–water partition coefficient (Wildman–Crippen LogP) is 23.5. The van der Waals surface area contributed by atoms with Crippen LogP contribution < -0.4 is 0 Å². The van der Waals surface area contributed by atoms with E-state index in [1.807, 2.05) is 62.3 Å². The van der Waals surface area contributed by atoms with Gasteiger partial charge in [0.25, 0.3) is 5.92 Å². The summed E-state index contributed by atoms with van der Waals surface area (Å²) in [6.45, 7) is 45.4. The van der Waals surface area contributed by atoms with Crippen LogP contribution in [0.2, 0.25) is 0 Å². The number of alkyl halides is 7. The number of esters is 11. The number of hydrogen-bond acceptors (Lipinski definition) is 26. The molecule has 0 radical (unpaired) electrons. The minimum atomic E-state index is -4.24. The molecule has 3 heterocycles. The first-order valence-electron chi connectivity index (χ1n) is 53.0. The van der Waals surface area contributed by atoms with Gasteiger partial charge in [-0.1, -0.05) is 98.4 Å². The molecular formula is C114H183F7O26. The largest absolute Gasteiger partial charge is 0.465 e. The van der Waals surface area contributed by atoms with E-state index < -0.39 is 157 Å². The summed E-state index contributed by atoms with van der Waals surface area (Å²) in [6.07, 6.45) is 20.6. The molecule has 26 nitrogen and oxygen atoms in total. The Morgan fingerprint density at radius 1 is 0.408 bits per heavy atom. The van der Waals surface area contributed by atoms with E-state index in [9.17, 15) is 83.5 Å². The SMILES string of the molecule is C.C.C.CC(C)(C)C(=O)OCC(=O)OCC1(C)C2CC3CC(C2)CC1C3.CC(C)(C)C(=O)OCC12CC3CC(C1)C1(OCC(F)(F)C(F)(F)CO1)C(C3)C2.CC(C)(C)C(F)(F)COC(=O)C12CCC(C)(C(=O)O1)C2(C)C.CC(C)(C)C(F)COC(=O)C12CCC(C)(C(=O)O1)C2(C)C.COC(C)OC(=O)C12CC3CC(C1)C(COC(=O)C(C)(C)C)C(C3)C2.COC(C)OC(=O)C12CC3CC(CC(COC(=O)C(C)(C)C)(C3)C1)C2. The molecule has 844 valence electrons. The van der Waals surface area contributed by atoms with E-state index >= 15 is 0 Å². The van der Waals surface area contributed by atoms with E-state index in [1.54, 1.807) is 111 Å². The molecule has 0 aromatic heterocycles. The van der Waals surface area contributed by atoms with Crippen LogP contribution in [-0.4, -0.2) is 193 Å². The molecular weight excluding hydrogens is 1920 g/mol.